The molecule has 96 valence electrons. The summed E-state index contributed by atoms with van der Waals surface area (Å²) < 4.78 is 13.3. The zero-order chi connectivity index (χ0) is 14.4. The van der Waals surface area contributed by atoms with Crippen molar-refractivity contribution in [2.75, 3.05) is 0 Å². The first-order valence-electron chi connectivity index (χ1n) is 5.59. The normalized spacial score (nSPS) is 9.80. The van der Waals surface area contributed by atoms with E-state index in [1.165, 1.54) is 12.1 Å². The molecule has 0 radical (unpaired) electrons. The standard InChI is InChI=1S/C15H8FN3O/c16-14-8-7-13(19-15(14)10-18-20)6-5-11-1-3-12(9-17)4-2-11/h1-4,7-8,10,20H/b18-10-. The van der Waals surface area contributed by atoms with Crippen LogP contribution in [0.25, 0.3) is 0 Å². The maximum absolute atomic E-state index is 13.3. The molecule has 0 amide bonds. The van der Waals surface area contributed by atoms with E-state index in [1.54, 1.807) is 24.3 Å². The summed E-state index contributed by atoms with van der Waals surface area (Å²) in [6.45, 7) is 0. The fourth-order valence-electron chi connectivity index (χ4n) is 1.44. The molecule has 1 aromatic carbocycles. The van der Waals surface area contributed by atoms with Crippen molar-refractivity contribution in [3.63, 3.8) is 0 Å². The predicted octanol–water partition coefficient (Wildman–Crippen LogP) is 2.30. The molecule has 0 saturated heterocycles. The van der Waals surface area contributed by atoms with Gasteiger partial charge in [-0.1, -0.05) is 11.1 Å². The fourth-order valence-corrected chi connectivity index (χ4v) is 1.44. The summed E-state index contributed by atoms with van der Waals surface area (Å²) >= 11 is 0. The van der Waals surface area contributed by atoms with Gasteiger partial charge in [-0.3, -0.25) is 0 Å². The van der Waals surface area contributed by atoms with E-state index < -0.39 is 5.82 Å². The van der Waals surface area contributed by atoms with Crippen LogP contribution in [-0.2, 0) is 0 Å². The first-order chi connectivity index (χ1) is 9.72. The minimum atomic E-state index is -0.591. The van der Waals surface area contributed by atoms with Gasteiger partial charge in [0, 0.05) is 5.56 Å². The van der Waals surface area contributed by atoms with Crippen LogP contribution in [0.2, 0.25) is 0 Å². The highest BCUT2D eigenvalue weighted by molar-refractivity contribution is 5.76. The number of aromatic nitrogens is 1. The topological polar surface area (TPSA) is 69.3 Å². The third kappa shape index (κ3) is 3.18. The molecule has 1 heterocycles. The van der Waals surface area contributed by atoms with Crippen LogP contribution in [0.15, 0.2) is 41.6 Å². The lowest BCUT2D eigenvalue weighted by molar-refractivity contribution is 0.321. The Balaban J connectivity index is 2.28. The van der Waals surface area contributed by atoms with E-state index in [4.69, 9.17) is 10.5 Å². The van der Waals surface area contributed by atoms with Crippen LogP contribution in [0.1, 0.15) is 22.5 Å². The van der Waals surface area contributed by atoms with Gasteiger partial charge >= 0.3 is 0 Å². The maximum Gasteiger partial charge on any atom is 0.150 e. The lowest BCUT2D eigenvalue weighted by atomic mass is 10.1. The summed E-state index contributed by atoms with van der Waals surface area (Å²) in [5, 5.41) is 19.8. The first-order valence-corrected chi connectivity index (χ1v) is 5.59. The molecular weight excluding hydrogens is 257 g/mol. The SMILES string of the molecule is N#Cc1ccc(C#Cc2ccc(F)c(/C=N\O)n2)cc1. The van der Waals surface area contributed by atoms with Crippen molar-refractivity contribution in [2.45, 2.75) is 0 Å². The van der Waals surface area contributed by atoms with Crippen LogP contribution in [0, 0.1) is 29.0 Å². The van der Waals surface area contributed by atoms with E-state index >= 15 is 0 Å². The molecular formula is C15H8FN3O. The molecule has 1 N–H and O–H groups in total. The third-order valence-electron chi connectivity index (χ3n) is 2.40. The number of halogens is 1. The Kier molecular flexibility index (Phi) is 4.06. The summed E-state index contributed by atoms with van der Waals surface area (Å²) in [5.74, 6) is 5.03. The molecule has 1 aromatic heterocycles. The molecule has 2 rings (SSSR count). The van der Waals surface area contributed by atoms with Gasteiger partial charge in [0.15, 0.2) is 5.82 Å². The highest BCUT2D eigenvalue weighted by Gasteiger charge is 2.01. The summed E-state index contributed by atoms with van der Waals surface area (Å²) in [4.78, 5) is 3.90. The molecule has 0 spiro atoms. The van der Waals surface area contributed by atoms with Crippen molar-refractivity contribution >= 4 is 6.21 Å². The Morgan fingerprint density at radius 1 is 1.10 bits per heavy atom. The first kappa shape index (κ1) is 13.3. The fraction of sp³-hybridized carbons (Fsp3) is 0. The van der Waals surface area contributed by atoms with Crippen molar-refractivity contribution in [3.8, 4) is 17.9 Å². The maximum atomic E-state index is 13.3. The lowest BCUT2D eigenvalue weighted by Crippen LogP contribution is -1.95. The van der Waals surface area contributed by atoms with E-state index in [-0.39, 0.29) is 5.69 Å². The Bertz CT molecular complexity index is 749. The molecule has 4 nitrogen and oxygen atoms in total. The Hall–Kier alpha value is -3.18. The number of hydrogen-bond donors (Lipinski definition) is 1. The molecule has 2 aromatic rings. The van der Waals surface area contributed by atoms with Crippen LogP contribution in [0.5, 0.6) is 0 Å². The summed E-state index contributed by atoms with van der Waals surface area (Å²) in [7, 11) is 0. The van der Waals surface area contributed by atoms with E-state index in [0.29, 0.717) is 16.8 Å². The summed E-state index contributed by atoms with van der Waals surface area (Å²) in [5.41, 5.74) is 1.54. The largest absolute Gasteiger partial charge is 0.411 e. The molecule has 0 bridgehead atoms. The second-order valence-electron chi connectivity index (χ2n) is 3.75. The van der Waals surface area contributed by atoms with Crippen molar-refractivity contribution in [1.82, 2.24) is 4.98 Å². The van der Waals surface area contributed by atoms with Gasteiger partial charge in [0.2, 0.25) is 0 Å². The molecule has 0 aliphatic carbocycles. The van der Waals surface area contributed by atoms with Crippen molar-refractivity contribution in [3.05, 3.63) is 64.7 Å². The lowest BCUT2D eigenvalue weighted by Gasteiger charge is -1.95. The Morgan fingerprint density at radius 2 is 1.80 bits per heavy atom. The highest BCUT2D eigenvalue weighted by atomic mass is 19.1. The van der Waals surface area contributed by atoms with Crippen molar-refractivity contribution in [1.29, 1.82) is 5.26 Å². The van der Waals surface area contributed by atoms with Crippen LogP contribution < -0.4 is 0 Å². The predicted molar refractivity (Wildman–Crippen MR) is 70.7 cm³/mol. The number of nitrogens with zero attached hydrogens (tertiary/aromatic N) is 3. The van der Waals surface area contributed by atoms with Gasteiger partial charge in [0.25, 0.3) is 0 Å². The van der Waals surface area contributed by atoms with Gasteiger partial charge in [-0.25, -0.2) is 9.37 Å². The van der Waals surface area contributed by atoms with Gasteiger partial charge in [0.1, 0.15) is 11.4 Å². The van der Waals surface area contributed by atoms with Gasteiger partial charge in [-0.15, -0.1) is 0 Å². The van der Waals surface area contributed by atoms with Crippen LogP contribution in [0.4, 0.5) is 4.39 Å². The van der Waals surface area contributed by atoms with E-state index in [0.717, 1.165) is 6.21 Å². The average molecular weight is 265 g/mol. The van der Waals surface area contributed by atoms with Crippen molar-refractivity contribution in [2.24, 2.45) is 5.16 Å². The second-order valence-corrected chi connectivity index (χ2v) is 3.75. The van der Waals surface area contributed by atoms with Crippen LogP contribution >= 0.6 is 0 Å². The highest BCUT2D eigenvalue weighted by Crippen LogP contribution is 2.05. The monoisotopic (exact) mass is 265 g/mol. The minimum Gasteiger partial charge on any atom is -0.411 e. The van der Waals surface area contributed by atoms with E-state index in [9.17, 15) is 4.39 Å². The quantitative estimate of drug-likeness (QED) is 0.372. The number of rotatable bonds is 1. The van der Waals surface area contributed by atoms with Crippen LogP contribution in [-0.4, -0.2) is 16.4 Å². The van der Waals surface area contributed by atoms with Gasteiger partial charge in [-0.05, 0) is 42.3 Å². The van der Waals surface area contributed by atoms with E-state index in [2.05, 4.69) is 22.0 Å². The number of nitriles is 1. The number of hydrogen-bond acceptors (Lipinski definition) is 4. The minimum absolute atomic E-state index is 0.0841. The zero-order valence-electron chi connectivity index (χ0n) is 10.2. The molecule has 0 aliphatic rings. The molecule has 5 heteroatoms. The molecule has 20 heavy (non-hydrogen) atoms. The zero-order valence-corrected chi connectivity index (χ0v) is 10.2. The second kappa shape index (κ2) is 6.12. The third-order valence-corrected chi connectivity index (χ3v) is 2.40. The van der Waals surface area contributed by atoms with Gasteiger partial charge < -0.3 is 5.21 Å². The molecule has 0 saturated carbocycles. The number of oxime groups is 1. The smallest absolute Gasteiger partial charge is 0.150 e. The summed E-state index contributed by atoms with van der Waals surface area (Å²) in [6, 6.07) is 11.4. The van der Waals surface area contributed by atoms with E-state index in [1.807, 2.05) is 6.07 Å². The average Bonchev–Trinajstić information content (AvgIpc) is 2.49. The van der Waals surface area contributed by atoms with Gasteiger partial charge in [0.05, 0.1) is 17.8 Å². The number of pyridine rings is 1. The Morgan fingerprint density at radius 3 is 2.45 bits per heavy atom. The van der Waals surface area contributed by atoms with Crippen LogP contribution in [0.3, 0.4) is 0 Å². The van der Waals surface area contributed by atoms with Crippen molar-refractivity contribution < 1.29 is 9.60 Å². The van der Waals surface area contributed by atoms with Gasteiger partial charge in [-0.2, -0.15) is 5.26 Å². The summed E-state index contributed by atoms with van der Waals surface area (Å²) in [6.07, 6.45) is 0.905. The Labute approximate surface area is 114 Å². The molecule has 0 unspecified atom stereocenters. The molecule has 0 fully saturated rings. The molecule has 0 atom stereocenters. The number of benzene rings is 1. The molecule has 0 aliphatic heterocycles.